The van der Waals surface area contributed by atoms with Crippen LogP contribution in [0.5, 0.6) is 0 Å². The summed E-state index contributed by atoms with van der Waals surface area (Å²) in [6, 6.07) is 5.53. The van der Waals surface area contributed by atoms with Crippen molar-refractivity contribution in [1.29, 1.82) is 0 Å². The van der Waals surface area contributed by atoms with E-state index in [0.717, 1.165) is 12.8 Å². The summed E-state index contributed by atoms with van der Waals surface area (Å²) in [4.78, 5) is 12.4. The Morgan fingerprint density at radius 1 is 1.12 bits per heavy atom. The number of piperidine rings is 1. The van der Waals surface area contributed by atoms with Crippen LogP contribution in [0.3, 0.4) is 0 Å². The van der Waals surface area contributed by atoms with Gasteiger partial charge in [-0.3, -0.25) is 4.79 Å². The number of hydrogen-bond acceptors (Lipinski definition) is 3. The van der Waals surface area contributed by atoms with Gasteiger partial charge in [0.15, 0.2) is 0 Å². The van der Waals surface area contributed by atoms with Gasteiger partial charge < -0.3 is 10.6 Å². The third kappa shape index (κ3) is 5.70. The van der Waals surface area contributed by atoms with Crippen LogP contribution in [0, 0.1) is 0 Å². The lowest BCUT2D eigenvalue weighted by Crippen LogP contribution is -2.62. The van der Waals surface area contributed by atoms with Gasteiger partial charge in [0, 0.05) is 27.6 Å². The number of thioether (sulfide) groups is 1. The van der Waals surface area contributed by atoms with Crippen LogP contribution in [0.2, 0.25) is 0 Å². The largest absolute Gasteiger partial charge is 0.446 e. The molecule has 1 amide bonds. The van der Waals surface area contributed by atoms with Crippen molar-refractivity contribution in [3.63, 3.8) is 0 Å². The van der Waals surface area contributed by atoms with Gasteiger partial charge in [0.05, 0.1) is 0 Å². The molecular weight excluding hydrogens is 337 g/mol. The van der Waals surface area contributed by atoms with Crippen LogP contribution >= 0.6 is 11.8 Å². The molecule has 1 aliphatic heterocycles. The average molecular weight is 360 g/mol. The van der Waals surface area contributed by atoms with Gasteiger partial charge in [-0.05, 0) is 76.6 Å². The quantitative estimate of drug-likeness (QED) is 0.788. The Hall–Kier alpha value is -1.21. The second kappa shape index (κ2) is 6.59. The van der Waals surface area contributed by atoms with Crippen LogP contribution in [0.1, 0.15) is 50.9 Å². The topological polar surface area (TPSA) is 41.1 Å². The van der Waals surface area contributed by atoms with Gasteiger partial charge in [-0.15, -0.1) is 0 Å². The van der Waals surface area contributed by atoms with E-state index in [1.165, 1.54) is 24.3 Å². The number of benzene rings is 1. The Bertz CT molecular complexity index is 581. The standard InChI is InChI=1S/C17H23F3N2OS/c1-15(2)9-12(10-16(3,4)22-15)21-14(23)11-5-7-13(8-6-11)24-17(18,19)20/h5-8,12,22H,9-10H2,1-4H3,(H,21,23). The van der Waals surface area contributed by atoms with Crippen LogP contribution in [0.15, 0.2) is 29.2 Å². The van der Waals surface area contributed by atoms with Gasteiger partial charge in [-0.1, -0.05) is 0 Å². The van der Waals surface area contributed by atoms with Crippen LogP contribution < -0.4 is 10.6 Å². The number of alkyl halides is 3. The molecule has 1 aromatic carbocycles. The first-order valence-electron chi connectivity index (χ1n) is 7.81. The summed E-state index contributed by atoms with van der Waals surface area (Å²) in [7, 11) is 0. The van der Waals surface area contributed by atoms with E-state index in [1.807, 2.05) is 0 Å². The van der Waals surface area contributed by atoms with Crippen LogP contribution in [0.4, 0.5) is 13.2 Å². The summed E-state index contributed by atoms with van der Waals surface area (Å²) in [5.74, 6) is -0.253. The lowest BCUT2D eigenvalue weighted by Gasteiger charge is -2.46. The van der Waals surface area contributed by atoms with Crippen LogP contribution in [0.25, 0.3) is 0 Å². The van der Waals surface area contributed by atoms with Crippen molar-refractivity contribution in [3.8, 4) is 0 Å². The van der Waals surface area contributed by atoms with Gasteiger partial charge in [0.2, 0.25) is 0 Å². The fraction of sp³-hybridized carbons (Fsp3) is 0.588. The van der Waals surface area contributed by atoms with Crippen molar-refractivity contribution >= 4 is 17.7 Å². The number of rotatable bonds is 3. The highest BCUT2D eigenvalue weighted by molar-refractivity contribution is 8.00. The lowest BCUT2D eigenvalue weighted by atomic mass is 9.79. The zero-order valence-electron chi connectivity index (χ0n) is 14.3. The van der Waals surface area contributed by atoms with Crippen molar-refractivity contribution in [2.45, 2.75) is 68.1 Å². The first-order valence-corrected chi connectivity index (χ1v) is 8.63. The third-order valence-electron chi connectivity index (χ3n) is 3.88. The predicted octanol–water partition coefficient (Wildman–Crippen LogP) is 4.34. The van der Waals surface area contributed by atoms with Crippen molar-refractivity contribution in [3.05, 3.63) is 29.8 Å². The number of nitrogens with one attached hydrogen (secondary N) is 2. The molecule has 0 spiro atoms. The number of halogens is 3. The fourth-order valence-corrected chi connectivity index (χ4v) is 4.04. The van der Waals surface area contributed by atoms with Gasteiger partial charge in [-0.2, -0.15) is 13.2 Å². The summed E-state index contributed by atoms with van der Waals surface area (Å²) in [5.41, 5.74) is -4.13. The van der Waals surface area contributed by atoms with Crippen molar-refractivity contribution < 1.29 is 18.0 Å². The first kappa shape index (κ1) is 19.1. The molecule has 3 nitrogen and oxygen atoms in total. The van der Waals surface area contributed by atoms with Gasteiger partial charge in [0.25, 0.3) is 5.91 Å². The van der Waals surface area contributed by atoms with Gasteiger partial charge in [0.1, 0.15) is 0 Å². The van der Waals surface area contributed by atoms with Crippen molar-refractivity contribution in [2.24, 2.45) is 0 Å². The van der Waals surface area contributed by atoms with E-state index in [-0.39, 0.29) is 39.7 Å². The zero-order chi connectivity index (χ0) is 18.2. The minimum atomic E-state index is -4.32. The summed E-state index contributed by atoms with van der Waals surface area (Å²) in [5, 5.41) is 6.55. The molecule has 1 saturated heterocycles. The summed E-state index contributed by atoms with van der Waals surface area (Å²) in [6.45, 7) is 8.37. The highest BCUT2D eigenvalue weighted by Crippen LogP contribution is 2.36. The normalized spacial score (nSPS) is 20.6. The highest BCUT2D eigenvalue weighted by atomic mass is 32.2. The Morgan fingerprint density at radius 2 is 1.62 bits per heavy atom. The molecule has 2 rings (SSSR count). The molecule has 0 saturated carbocycles. The number of hydrogen-bond donors (Lipinski definition) is 2. The molecule has 1 fully saturated rings. The molecule has 0 unspecified atom stereocenters. The maximum Gasteiger partial charge on any atom is 0.446 e. The van der Waals surface area contributed by atoms with Gasteiger partial charge in [-0.25, -0.2) is 0 Å². The average Bonchev–Trinajstić information content (AvgIpc) is 2.33. The monoisotopic (exact) mass is 360 g/mol. The molecular formula is C17H23F3N2OS. The zero-order valence-corrected chi connectivity index (χ0v) is 15.1. The Balaban J connectivity index is 2.02. The molecule has 1 aliphatic rings. The van der Waals surface area contributed by atoms with Crippen molar-refractivity contribution in [2.75, 3.05) is 0 Å². The molecule has 0 aliphatic carbocycles. The molecule has 1 aromatic rings. The van der Waals surface area contributed by atoms with Crippen LogP contribution in [-0.2, 0) is 0 Å². The molecule has 24 heavy (non-hydrogen) atoms. The Kier molecular flexibility index (Phi) is 5.25. The van der Waals surface area contributed by atoms with E-state index in [1.54, 1.807) is 0 Å². The third-order valence-corrected chi connectivity index (χ3v) is 4.61. The minimum Gasteiger partial charge on any atom is -0.349 e. The van der Waals surface area contributed by atoms with E-state index in [2.05, 4.69) is 38.3 Å². The summed E-state index contributed by atoms with van der Waals surface area (Å²) >= 11 is -0.184. The maximum atomic E-state index is 12.4. The molecule has 134 valence electrons. The minimum absolute atomic E-state index is 0.0213. The van der Waals surface area contributed by atoms with Crippen LogP contribution in [-0.4, -0.2) is 28.5 Å². The Labute approximate surface area is 144 Å². The Morgan fingerprint density at radius 3 is 2.08 bits per heavy atom. The summed E-state index contributed by atoms with van der Waals surface area (Å²) < 4.78 is 37.0. The highest BCUT2D eigenvalue weighted by Gasteiger charge is 2.38. The first-order chi connectivity index (χ1) is 10.9. The van der Waals surface area contributed by atoms with Gasteiger partial charge >= 0.3 is 5.51 Å². The molecule has 0 aromatic heterocycles. The second-order valence-electron chi connectivity index (χ2n) is 7.54. The van der Waals surface area contributed by atoms with E-state index in [9.17, 15) is 18.0 Å². The van der Waals surface area contributed by atoms with E-state index in [0.29, 0.717) is 5.56 Å². The molecule has 0 bridgehead atoms. The molecule has 1 heterocycles. The smallest absolute Gasteiger partial charge is 0.349 e. The molecule has 7 heteroatoms. The molecule has 0 atom stereocenters. The molecule has 0 radical (unpaired) electrons. The summed E-state index contributed by atoms with van der Waals surface area (Å²) in [6.07, 6.45) is 1.59. The SMILES string of the molecule is CC1(C)CC(NC(=O)c2ccc(SC(F)(F)F)cc2)CC(C)(C)N1. The molecule has 2 N–H and O–H groups in total. The van der Waals surface area contributed by atoms with E-state index in [4.69, 9.17) is 0 Å². The predicted molar refractivity (Wildman–Crippen MR) is 90.1 cm³/mol. The second-order valence-corrected chi connectivity index (χ2v) is 8.68. The van der Waals surface area contributed by atoms with E-state index >= 15 is 0 Å². The fourth-order valence-electron chi connectivity index (χ4n) is 3.50. The lowest BCUT2D eigenvalue weighted by molar-refractivity contribution is -0.0328. The number of amides is 1. The maximum absolute atomic E-state index is 12.4. The van der Waals surface area contributed by atoms with E-state index < -0.39 is 5.51 Å². The van der Waals surface area contributed by atoms with Crippen molar-refractivity contribution in [1.82, 2.24) is 10.6 Å². The number of carbonyl (C=O) groups is 1. The number of carbonyl (C=O) groups excluding carboxylic acids is 1.